The summed E-state index contributed by atoms with van der Waals surface area (Å²) in [5, 5.41) is 8.94. The van der Waals surface area contributed by atoms with Crippen molar-refractivity contribution in [1.82, 2.24) is 4.98 Å². The average molecular weight is 231 g/mol. The van der Waals surface area contributed by atoms with Crippen LogP contribution in [0, 0.1) is 6.92 Å². The number of thiazole rings is 1. The van der Waals surface area contributed by atoms with Gasteiger partial charge < -0.3 is 14.6 Å². The van der Waals surface area contributed by atoms with Crippen molar-refractivity contribution in [2.24, 2.45) is 0 Å². The molecule has 0 amide bonds. The molecular weight excluding hydrogens is 222 g/mol. The Labute approximate surface area is 89.5 Å². The molecule has 0 saturated heterocycles. The van der Waals surface area contributed by atoms with Gasteiger partial charge in [0.1, 0.15) is 0 Å². The van der Waals surface area contributed by atoms with E-state index in [4.69, 9.17) is 9.84 Å². The maximum atomic E-state index is 11.3. The quantitative estimate of drug-likeness (QED) is 0.796. The molecule has 1 heterocycles. The van der Waals surface area contributed by atoms with Gasteiger partial charge in [-0.15, -0.1) is 11.3 Å². The van der Waals surface area contributed by atoms with Crippen molar-refractivity contribution < 1.29 is 24.2 Å². The number of rotatable bonds is 3. The lowest BCUT2D eigenvalue weighted by Gasteiger charge is -1.99. The van der Waals surface area contributed by atoms with Crippen LogP contribution in [0.15, 0.2) is 0 Å². The molecule has 7 heteroatoms. The van der Waals surface area contributed by atoms with Gasteiger partial charge in [-0.25, -0.2) is 14.6 Å². The minimum Gasteiger partial charge on any atom is -0.462 e. The molecule has 15 heavy (non-hydrogen) atoms. The molecule has 0 aliphatic carbocycles. The number of hydrogen-bond donors (Lipinski definition) is 1. The molecule has 0 fully saturated rings. The van der Waals surface area contributed by atoms with Crippen LogP contribution in [0.25, 0.3) is 0 Å². The average Bonchev–Trinajstić information content (AvgIpc) is 2.46. The van der Waals surface area contributed by atoms with Crippen molar-refractivity contribution in [1.29, 1.82) is 0 Å². The second-order valence-electron chi connectivity index (χ2n) is 2.46. The summed E-state index contributed by atoms with van der Waals surface area (Å²) in [6, 6.07) is 0. The first kappa shape index (κ1) is 11.4. The van der Waals surface area contributed by atoms with Gasteiger partial charge in [0, 0.05) is 0 Å². The Bertz CT molecular complexity index is 386. The van der Waals surface area contributed by atoms with E-state index >= 15 is 0 Å². The Morgan fingerprint density at radius 2 is 2.20 bits per heavy atom. The van der Waals surface area contributed by atoms with E-state index in [2.05, 4.69) is 9.72 Å². The Kier molecular flexibility index (Phi) is 3.62. The number of aryl methyl sites for hydroxylation is 1. The zero-order valence-electron chi connectivity index (χ0n) is 8.14. The van der Waals surface area contributed by atoms with Crippen molar-refractivity contribution in [2.45, 2.75) is 13.8 Å². The van der Waals surface area contributed by atoms with Crippen molar-refractivity contribution in [3.8, 4) is 5.88 Å². The lowest BCUT2D eigenvalue weighted by atomic mass is 10.5. The fraction of sp³-hybridized carbons (Fsp3) is 0.375. The van der Waals surface area contributed by atoms with Gasteiger partial charge in [0.25, 0.3) is 5.88 Å². The van der Waals surface area contributed by atoms with Crippen LogP contribution in [0.5, 0.6) is 5.88 Å². The lowest BCUT2D eigenvalue weighted by molar-refractivity contribution is 0.0528. The summed E-state index contributed by atoms with van der Waals surface area (Å²) in [6.07, 6.45) is -1.51. The Morgan fingerprint density at radius 1 is 1.53 bits per heavy atom. The van der Waals surface area contributed by atoms with Crippen LogP contribution in [-0.4, -0.2) is 28.8 Å². The van der Waals surface area contributed by atoms with Gasteiger partial charge in [0.05, 0.1) is 11.6 Å². The topological polar surface area (TPSA) is 85.7 Å². The first-order valence-electron chi connectivity index (χ1n) is 4.10. The van der Waals surface area contributed by atoms with E-state index in [1.165, 1.54) is 0 Å². The van der Waals surface area contributed by atoms with Crippen molar-refractivity contribution >= 4 is 23.5 Å². The SMILES string of the molecule is CCOC(=O)c1sc(C)nc1OC(=O)O. The van der Waals surface area contributed by atoms with Gasteiger partial charge in [0.15, 0.2) is 4.88 Å². The second-order valence-corrected chi connectivity index (χ2v) is 3.66. The van der Waals surface area contributed by atoms with E-state index in [1.54, 1.807) is 13.8 Å². The number of aromatic nitrogens is 1. The fourth-order valence-electron chi connectivity index (χ4n) is 0.885. The van der Waals surface area contributed by atoms with Crippen LogP contribution in [-0.2, 0) is 4.74 Å². The fourth-order valence-corrected chi connectivity index (χ4v) is 1.63. The molecule has 0 aliphatic heterocycles. The monoisotopic (exact) mass is 231 g/mol. The van der Waals surface area contributed by atoms with Crippen molar-refractivity contribution in [2.75, 3.05) is 6.61 Å². The summed E-state index contributed by atoms with van der Waals surface area (Å²) in [5.74, 6) is -0.845. The third-order valence-corrected chi connectivity index (χ3v) is 2.28. The highest BCUT2D eigenvalue weighted by Crippen LogP contribution is 2.25. The number of carboxylic acid groups (broad SMARTS) is 1. The number of carbonyl (C=O) groups excluding carboxylic acids is 1. The third-order valence-electron chi connectivity index (χ3n) is 1.35. The first-order chi connectivity index (χ1) is 7.04. The molecule has 0 aliphatic rings. The van der Waals surface area contributed by atoms with Crippen LogP contribution in [0.4, 0.5) is 4.79 Å². The minimum atomic E-state index is -1.51. The van der Waals surface area contributed by atoms with E-state index in [-0.39, 0.29) is 17.4 Å². The highest BCUT2D eigenvalue weighted by atomic mass is 32.1. The second kappa shape index (κ2) is 4.74. The van der Waals surface area contributed by atoms with Gasteiger partial charge in [-0.05, 0) is 13.8 Å². The van der Waals surface area contributed by atoms with Gasteiger partial charge in [-0.1, -0.05) is 0 Å². The molecule has 1 aromatic heterocycles. The van der Waals surface area contributed by atoms with Crippen LogP contribution < -0.4 is 4.74 Å². The number of nitrogens with zero attached hydrogens (tertiary/aromatic N) is 1. The number of esters is 1. The highest BCUT2D eigenvalue weighted by Gasteiger charge is 2.21. The van der Waals surface area contributed by atoms with E-state index in [0.717, 1.165) is 11.3 Å². The summed E-state index contributed by atoms with van der Waals surface area (Å²) >= 11 is 1.03. The normalized spacial score (nSPS) is 9.73. The Balaban J connectivity index is 2.95. The summed E-state index contributed by atoms with van der Waals surface area (Å²) in [5.41, 5.74) is 0. The molecule has 1 rings (SSSR count). The summed E-state index contributed by atoms with van der Waals surface area (Å²) in [4.78, 5) is 25.5. The van der Waals surface area contributed by atoms with Gasteiger partial charge >= 0.3 is 12.1 Å². The molecule has 1 N–H and O–H groups in total. The predicted molar refractivity (Wildman–Crippen MR) is 51.5 cm³/mol. The molecule has 0 aromatic carbocycles. The van der Waals surface area contributed by atoms with Crippen LogP contribution in [0.3, 0.4) is 0 Å². The number of carbonyl (C=O) groups is 2. The maximum Gasteiger partial charge on any atom is 0.512 e. The minimum absolute atomic E-state index is 0.0664. The number of hydrogen-bond acceptors (Lipinski definition) is 6. The predicted octanol–water partition coefficient (Wildman–Crippen LogP) is 1.69. The molecule has 0 saturated carbocycles. The Hall–Kier alpha value is -1.63. The summed E-state index contributed by atoms with van der Waals surface area (Å²) in [6.45, 7) is 3.51. The van der Waals surface area contributed by atoms with Crippen LogP contribution in [0.2, 0.25) is 0 Å². The molecule has 0 unspecified atom stereocenters. The van der Waals surface area contributed by atoms with Gasteiger partial charge in [-0.2, -0.15) is 0 Å². The van der Waals surface area contributed by atoms with E-state index in [0.29, 0.717) is 5.01 Å². The first-order valence-corrected chi connectivity index (χ1v) is 4.91. The van der Waals surface area contributed by atoms with E-state index in [9.17, 15) is 9.59 Å². The maximum absolute atomic E-state index is 11.3. The largest absolute Gasteiger partial charge is 0.512 e. The lowest BCUT2D eigenvalue weighted by Crippen LogP contribution is -2.09. The zero-order chi connectivity index (χ0) is 11.4. The highest BCUT2D eigenvalue weighted by molar-refractivity contribution is 7.13. The van der Waals surface area contributed by atoms with Crippen LogP contribution in [0.1, 0.15) is 21.6 Å². The van der Waals surface area contributed by atoms with E-state index < -0.39 is 12.1 Å². The van der Waals surface area contributed by atoms with E-state index in [1.807, 2.05) is 0 Å². The molecule has 0 radical (unpaired) electrons. The molecule has 0 spiro atoms. The molecular formula is C8H9NO5S. The van der Waals surface area contributed by atoms with Crippen molar-refractivity contribution in [3.05, 3.63) is 9.88 Å². The van der Waals surface area contributed by atoms with Gasteiger partial charge in [-0.3, -0.25) is 0 Å². The molecule has 0 atom stereocenters. The van der Waals surface area contributed by atoms with Crippen LogP contribution >= 0.6 is 11.3 Å². The standard InChI is InChI=1S/C8H9NO5S/c1-3-13-7(10)5-6(14-8(11)12)9-4(2)15-5/h3H2,1-2H3,(H,11,12). The molecule has 1 aromatic rings. The molecule has 6 nitrogen and oxygen atoms in total. The van der Waals surface area contributed by atoms with Gasteiger partial charge in [0.2, 0.25) is 0 Å². The number of ether oxygens (including phenoxy) is 2. The molecule has 82 valence electrons. The summed E-state index contributed by atoms with van der Waals surface area (Å²) in [7, 11) is 0. The Morgan fingerprint density at radius 3 is 2.73 bits per heavy atom. The molecule has 0 bridgehead atoms. The van der Waals surface area contributed by atoms with Crippen molar-refractivity contribution in [3.63, 3.8) is 0 Å². The summed E-state index contributed by atoms with van der Waals surface area (Å²) < 4.78 is 9.07. The third kappa shape index (κ3) is 2.91. The smallest absolute Gasteiger partial charge is 0.462 e. The zero-order valence-corrected chi connectivity index (χ0v) is 8.96.